The van der Waals surface area contributed by atoms with Crippen molar-refractivity contribution in [3.05, 3.63) is 71.6 Å². The van der Waals surface area contributed by atoms with Crippen LogP contribution in [0, 0.1) is 0 Å². The lowest BCUT2D eigenvalue weighted by molar-refractivity contribution is 1.01. The molecule has 114 valence electrons. The summed E-state index contributed by atoms with van der Waals surface area (Å²) in [5.41, 5.74) is 4.19. The second kappa shape index (κ2) is 5.89. The van der Waals surface area contributed by atoms with E-state index in [1.807, 2.05) is 55.0 Å². The summed E-state index contributed by atoms with van der Waals surface area (Å²) in [5.74, 6) is 0.850. The minimum atomic E-state index is 0.768. The predicted molar refractivity (Wildman–Crippen MR) is 94.1 cm³/mol. The number of hydrogen-bond acceptors (Lipinski definition) is 3. The van der Waals surface area contributed by atoms with Gasteiger partial charge in [-0.1, -0.05) is 35.9 Å². The maximum absolute atomic E-state index is 6.03. The van der Waals surface area contributed by atoms with Crippen molar-refractivity contribution in [3.8, 4) is 0 Å². The molecule has 1 N–H and O–H groups in total. The topological polar surface area (TPSA) is 42.2 Å². The summed E-state index contributed by atoms with van der Waals surface area (Å²) in [7, 11) is 0. The van der Waals surface area contributed by atoms with Gasteiger partial charge in [0.2, 0.25) is 0 Å². The number of nitrogens with zero attached hydrogens (tertiary/aromatic N) is 3. The zero-order valence-electron chi connectivity index (χ0n) is 12.4. The molecule has 0 aliphatic carbocycles. The van der Waals surface area contributed by atoms with Crippen LogP contribution in [-0.2, 0) is 6.42 Å². The van der Waals surface area contributed by atoms with Crippen LogP contribution in [0.4, 0.5) is 5.82 Å². The van der Waals surface area contributed by atoms with Crippen molar-refractivity contribution in [1.82, 2.24) is 14.4 Å². The Morgan fingerprint density at radius 3 is 2.87 bits per heavy atom. The molecule has 0 saturated carbocycles. The van der Waals surface area contributed by atoms with Crippen molar-refractivity contribution in [1.29, 1.82) is 0 Å². The van der Waals surface area contributed by atoms with E-state index in [1.54, 1.807) is 0 Å². The molecule has 0 bridgehead atoms. The number of hydrogen-bond donors (Lipinski definition) is 1. The SMILES string of the molecule is Clc1cccc(CCNc2nc3ccccc3n3cncc23)c1. The van der Waals surface area contributed by atoms with Crippen LogP contribution < -0.4 is 5.32 Å². The fourth-order valence-corrected chi connectivity index (χ4v) is 2.96. The van der Waals surface area contributed by atoms with Gasteiger partial charge in [0, 0.05) is 11.6 Å². The molecule has 0 aliphatic rings. The average molecular weight is 323 g/mol. The Bertz CT molecular complexity index is 977. The molecule has 0 saturated heterocycles. The number of imidazole rings is 1. The van der Waals surface area contributed by atoms with Crippen molar-refractivity contribution in [2.75, 3.05) is 11.9 Å². The molecule has 2 heterocycles. The van der Waals surface area contributed by atoms with E-state index in [4.69, 9.17) is 16.6 Å². The first kappa shape index (κ1) is 14.0. The number of halogens is 1. The van der Waals surface area contributed by atoms with Crippen LogP contribution in [0.3, 0.4) is 0 Å². The number of para-hydroxylation sites is 2. The van der Waals surface area contributed by atoms with Crippen molar-refractivity contribution < 1.29 is 0 Å². The van der Waals surface area contributed by atoms with E-state index < -0.39 is 0 Å². The van der Waals surface area contributed by atoms with Gasteiger partial charge in [0.15, 0.2) is 5.82 Å². The summed E-state index contributed by atoms with van der Waals surface area (Å²) in [6.07, 6.45) is 4.54. The summed E-state index contributed by atoms with van der Waals surface area (Å²) >= 11 is 6.03. The maximum Gasteiger partial charge on any atom is 0.152 e. The third kappa shape index (κ3) is 2.73. The van der Waals surface area contributed by atoms with E-state index in [0.29, 0.717) is 0 Å². The number of benzene rings is 2. The summed E-state index contributed by atoms with van der Waals surface area (Å²) in [6, 6.07) is 16.0. The molecule has 5 heteroatoms. The van der Waals surface area contributed by atoms with Crippen LogP contribution in [0.2, 0.25) is 5.02 Å². The number of aromatic nitrogens is 3. The Balaban J connectivity index is 1.61. The predicted octanol–water partition coefficient (Wildman–Crippen LogP) is 4.19. The molecule has 0 atom stereocenters. The summed E-state index contributed by atoms with van der Waals surface area (Å²) < 4.78 is 2.06. The summed E-state index contributed by atoms with van der Waals surface area (Å²) in [4.78, 5) is 8.98. The molecule has 2 aromatic carbocycles. The molecule has 4 nitrogen and oxygen atoms in total. The Morgan fingerprint density at radius 1 is 1.04 bits per heavy atom. The van der Waals surface area contributed by atoms with E-state index >= 15 is 0 Å². The van der Waals surface area contributed by atoms with Gasteiger partial charge in [-0.2, -0.15) is 0 Å². The van der Waals surface area contributed by atoms with E-state index in [1.165, 1.54) is 5.56 Å². The van der Waals surface area contributed by atoms with Crippen molar-refractivity contribution >= 4 is 34.0 Å². The Morgan fingerprint density at radius 2 is 1.96 bits per heavy atom. The normalized spacial score (nSPS) is 11.2. The first-order chi connectivity index (χ1) is 11.3. The highest BCUT2D eigenvalue weighted by atomic mass is 35.5. The Hall–Kier alpha value is -2.59. The molecule has 2 aromatic heterocycles. The molecule has 0 unspecified atom stereocenters. The molecular weight excluding hydrogens is 308 g/mol. The molecule has 0 amide bonds. The second-order valence-corrected chi connectivity index (χ2v) is 5.84. The van der Waals surface area contributed by atoms with Crippen molar-refractivity contribution in [2.45, 2.75) is 6.42 Å². The van der Waals surface area contributed by atoms with Crippen LogP contribution in [0.5, 0.6) is 0 Å². The van der Waals surface area contributed by atoms with Crippen molar-refractivity contribution in [2.24, 2.45) is 0 Å². The standard InChI is InChI=1S/C18H15ClN4/c19-14-5-3-4-13(10-14)8-9-21-18-17-11-20-12-23(17)16-7-2-1-6-15(16)22-18/h1-7,10-12H,8-9H2,(H,21,22). The minimum Gasteiger partial charge on any atom is -0.368 e. The van der Waals surface area contributed by atoms with E-state index in [2.05, 4.69) is 20.8 Å². The monoisotopic (exact) mass is 322 g/mol. The molecule has 0 aliphatic heterocycles. The van der Waals surface area contributed by atoms with Crippen LogP contribution in [0.1, 0.15) is 5.56 Å². The van der Waals surface area contributed by atoms with Gasteiger partial charge in [-0.25, -0.2) is 9.97 Å². The van der Waals surface area contributed by atoms with Crippen LogP contribution in [-0.4, -0.2) is 20.9 Å². The van der Waals surface area contributed by atoms with E-state index in [0.717, 1.165) is 40.4 Å². The zero-order chi connectivity index (χ0) is 15.6. The molecule has 0 fully saturated rings. The van der Waals surface area contributed by atoms with E-state index in [-0.39, 0.29) is 0 Å². The highest BCUT2D eigenvalue weighted by Crippen LogP contribution is 2.21. The van der Waals surface area contributed by atoms with Gasteiger partial charge in [-0.05, 0) is 36.2 Å². The lowest BCUT2D eigenvalue weighted by Crippen LogP contribution is -2.08. The first-order valence-corrected chi connectivity index (χ1v) is 7.88. The molecule has 4 aromatic rings. The van der Waals surface area contributed by atoms with Gasteiger partial charge < -0.3 is 5.32 Å². The molecule has 0 radical (unpaired) electrons. The highest BCUT2D eigenvalue weighted by Gasteiger charge is 2.07. The molecule has 23 heavy (non-hydrogen) atoms. The Labute approximate surface area is 138 Å². The van der Waals surface area contributed by atoms with E-state index in [9.17, 15) is 0 Å². The summed E-state index contributed by atoms with van der Waals surface area (Å²) in [6.45, 7) is 0.784. The minimum absolute atomic E-state index is 0.768. The quantitative estimate of drug-likeness (QED) is 0.612. The lowest BCUT2D eigenvalue weighted by Gasteiger charge is -2.10. The van der Waals surface area contributed by atoms with Crippen LogP contribution >= 0.6 is 11.6 Å². The van der Waals surface area contributed by atoms with Gasteiger partial charge in [-0.15, -0.1) is 0 Å². The van der Waals surface area contributed by atoms with Crippen LogP contribution in [0.15, 0.2) is 61.1 Å². The number of anilines is 1. The fraction of sp³-hybridized carbons (Fsp3) is 0.111. The smallest absolute Gasteiger partial charge is 0.152 e. The number of rotatable bonds is 4. The number of nitrogens with one attached hydrogen (secondary N) is 1. The molecule has 4 rings (SSSR count). The van der Waals surface area contributed by atoms with Gasteiger partial charge >= 0.3 is 0 Å². The first-order valence-electron chi connectivity index (χ1n) is 7.50. The molecule has 0 spiro atoms. The zero-order valence-corrected chi connectivity index (χ0v) is 13.2. The average Bonchev–Trinajstić information content (AvgIpc) is 3.05. The Kier molecular flexibility index (Phi) is 3.60. The van der Waals surface area contributed by atoms with Gasteiger partial charge in [-0.3, -0.25) is 4.40 Å². The largest absolute Gasteiger partial charge is 0.368 e. The maximum atomic E-state index is 6.03. The second-order valence-electron chi connectivity index (χ2n) is 5.40. The molecular formula is C18H15ClN4. The van der Waals surface area contributed by atoms with Crippen molar-refractivity contribution in [3.63, 3.8) is 0 Å². The third-order valence-electron chi connectivity index (χ3n) is 3.85. The van der Waals surface area contributed by atoms with Gasteiger partial charge in [0.25, 0.3) is 0 Å². The van der Waals surface area contributed by atoms with Gasteiger partial charge in [0.05, 0.1) is 23.6 Å². The third-order valence-corrected chi connectivity index (χ3v) is 4.08. The van der Waals surface area contributed by atoms with Gasteiger partial charge in [0.1, 0.15) is 5.52 Å². The lowest BCUT2D eigenvalue weighted by atomic mass is 10.1. The highest BCUT2D eigenvalue weighted by molar-refractivity contribution is 6.30. The number of fused-ring (bicyclic) bond motifs is 3. The van der Waals surface area contributed by atoms with Crippen LogP contribution in [0.25, 0.3) is 16.6 Å². The fourth-order valence-electron chi connectivity index (χ4n) is 2.75. The summed E-state index contributed by atoms with van der Waals surface area (Å²) in [5, 5.41) is 4.19.